The number of benzene rings is 2. The van der Waals surface area contributed by atoms with Crippen LogP contribution in [-0.2, 0) is 6.54 Å². The lowest BCUT2D eigenvalue weighted by Crippen LogP contribution is -2.31. The highest BCUT2D eigenvalue weighted by Gasteiger charge is 2.16. The predicted octanol–water partition coefficient (Wildman–Crippen LogP) is 4.19. The molecule has 132 valence electrons. The molecule has 3 aromatic rings. The van der Waals surface area contributed by atoms with Gasteiger partial charge in [-0.3, -0.25) is 4.79 Å². The highest BCUT2D eigenvalue weighted by atomic mass is 16.2. The van der Waals surface area contributed by atoms with Gasteiger partial charge < -0.3 is 10.2 Å². The monoisotopic (exact) mass is 346 g/mol. The Morgan fingerprint density at radius 2 is 1.77 bits per heavy atom. The lowest BCUT2D eigenvalue weighted by Gasteiger charge is -2.20. The van der Waals surface area contributed by atoms with E-state index in [2.05, 4.69) is 15.3 Å². The molecular formula is C21H22N4O. The Kier molecular flexibility index (Phi) is 5.59. The van der Waals surface area contributed by atoms with Crippen LogP contribution in [-0.4, -0.2) is 27.3 Å². The molecule has 0 aliphatic heterocycles. The average Bonchev–Trinajstić information content (AvgIpc) is 2.68. The van der Waals surface area contributed by atoms with Gasteiger partial charge >= 0.3 is 0 Å². The second-order valence-corrected chi connectivity index (χ2v) is 6.08. The molecule has 0 unspecified atom stereocenters. The molecule has 0 atom stereocenters. The summed E-state index contributed by atoms with van der Waals surface area (Å²) in [5, 5.41) is 3.21. The quantitative estimate of drug-likeness (QED) is 0.727. The summed E-state index contributed by atoms with van der Waals surface area (Å²) < 4.78 is 0. The van der Waals surface area contributed by atoms with Gasteiger partial charge in [-0.15, -0.1) is 0 Å². The summed E-state index contributed by atoms with van der Waals surface area (Å²) in [7, 11) is 0. The molecule has 0 fully saturated rings. The first-order chi connectivity index (χ1) is 12.7. The van der Waals surface area contributed by atoms with Crippen LogP contribution in [0.5, 0.6) is 0 Å². The molecule has 2 aromatic carbocycles. The molecule has 0 bridgehead atoms. The predicted molar refractivity (Wildman–Crippen MR) is 103 cm³/mol. The summed E-state index contributed by atoms with van der Waals surface area (Å²) in [6.45, 7) is 5.17. The Labute approximate surface area is 153 Å². The van der Waals surface area contributed by atoms with Crippen LogP contribution in [0.2, 0.25) is 0 Å². The largest absolute Gasteiger partial charge is 0.340 e. The van der Waals surface area contributed by atoms with E-state index < -0.39 is 0 Å². The van der Waals surface area contributed by atoms with Gasteiger partial charge in [0.05, 0.1) is 0 Å². The Morgan fingerprint density at radius 1 is 1.04 bits per heavy atom. The molecule has 1 aromatic heterocycles. The fraction of sp³-hybridized carbons (Fsp3) is 0.190. The minimum absolute atomic E-state index is 0.106. The fourth-order valence-corrected chi connectivity index (χ4v) is 2.62. The van der Waals surface area contributed by atoms with Crippen molar-refractivity contribution >= 4 is 17.4 Å². The van der Waals surface area contributed by atoms with Gasteiger partial charge in [0.2, 0.25) is 0 Å². The van der Waals surface area contributed by atoms with Crippen LogP contribution < -0.4 is 5.32 Å². The van der Waals surface area contributed by atoms with E-state index in [0.717, 1.165) is 11.3 Å². The number of rotatable bonds is 6. The zero-order valence-corrected chi connectivity index (χ0v) is 15.0. The maximum Gasteiger partial charge on any atom is 0.272 e. The molecule has 0 saturated heterocycles. The van der Waals surface area contributed by atoms with Crippen molar-refractivity contribution in [1.29, 1.82) is 0 Å². The molecule has 0 radical (unpaired) electrons. The molecule has 1 N–H and O–H groups in total. The first kappa shape index (κ1) is 17.6. The summed E-state index contributed by atoms with van der Waals surface area (Å²) >= 11 is 0. The van der Waals surface area contributed by atoms with E-state index in [-0.39, 0.29) is 5.91 Å². The normalized spacial score (nSPS) is 10.4. The van der Waals surface area contributed by atoms with Crippen molar-refractivity contribution in [3.63, 3.8) is 0 Å². The summed E-state index contributed by atoms with van der Waals surface area (Å²) in [6.07, 6.45) is 1.42. The van der Waals surface area contributed by atoms with Crippen LogP contribution in [0.15, 0.2) is 67.0 Å². The topological polar surface area (TPSA) is 58.1 Å². The summed E-state index contributed by atoms with van der Waals surface area (Å²) in [4.78, 5) is 23.0. The van der Waals surface area contributed by atoms with Gasteiger partial charge in [-0.1, -0.05) is 48.0 Å². The lowest BCUT2D eigenvalue weighted by molar-refractivity contribution is 0.0746. The number of anilines is 2. The highest BCUT2D eigenvalue weighted by molar-refractivity contribution is 5.93. The van der Waals surface area contributed by atoms with Crippen LogP contribution in [0.1, 0.15) is 28.5 Å². The summed E-state index contributed by atoms with van der Waals surface area (Å²) in [5.41, 5.74) is 3.58. The molecule has 0 spiro atoms. The molecule has 26 heavy (non-hydrogen) atoms. The molecule has 0 saturated carbocycles. The minimum atomic E-state index is -0.106. The van der Waals surface area contributed by atoms with E-state index in [1.165, 1.54) is 11.9 Å². The summed E-state index contributed by atoms with van der Waals surface area (Å²) in [6, 6.07) is 19.6. The van der Waals surface area contributed by atoms with Crippen molar-refractivity contribution in [1.82, 2.24) is 14.9 Å². The third-order valence-corrected chi connectivity index (χ3v) is 4.10. The second-order valence-electron chi connectivity index (χ2n) is 6.08. The van der Waals surface area contributed by atoms with E-state index in [4.69, 9.17) is 0 Å². The number of aryl methyl sites for hydroxylation is 1. The lowest BCUT2D eigenvalue weighted by atomic mass is 10.2. The van der Waals surface area contributed by atoms with Gasteiger partial charge in [0.15, 0.2) is 0 Å². The van der Waals surface area contributed by atoms with Crippen LogP contribution in [0.4, 0.5) is 11.5 Å². The van der Waals surface area contributed by atoms with Crippen molar-refractivity contribution in [2.45, 2.75) is 20.4 Å². The first-order valence-electron chi connectivity index (χ1n) is 8.64. The molecular weight excluding hydrogens is 324 g/mol. The van der Waals surface area contributed by atoms with Crippen LogP contribution >= 0.6 is 0 Å². The molecule has 5 nitrogen and oxygen atoms in total. The molecule has 1 amide bonds. The fourth-order valence-electron chi connectivity index (χ4n) is 2.62. The number of carbonyl (C=O) groups is 1. The van der Waals surface area contributed by atoms with Crippen molar-refractivity contribution in [3.8, 4) is 0 Å². The van der Waals surface area contributed by atoms with Gasteiger partial charge in [0.1, 0.15) is 17.8 Å². The molecule has 0 aliphatic rings. The zero-order chi connectivity index (χ0) is 18.4. The van der Waals surface area contributed by atoms with E-state index in [0.29, 0.717) is 24.6 Å². The number of nitrogens with one attached hydrogen (secondary N) is 1. The van der Waals surface area contributed by atoms with Crippen LogP contribution in [0.25, 0.3) is 0 Å². The number of carbonyl (C=O) groups excluding carboxylic acids is 1. The van der Waals surface area contributed by atoms with Gasteiger partial charge in [0, 0.05) is 24.8 Å². The maximum atomic E-state index is 12.8. The minimum Gasteiger partial charge on any atom is -0.340 e. The molecule has 5 heteroatoms. The number of aromatic nitrogens is 2. The van der Waals surface area contributed by atoms with Gasteiger partial charge in [0.25, 0.3) is 5.91 Å². The van der Waals surface area contributed by atoms with E-state index in [1.54, 1.807) is 11.0 Å². The van der Waals surface area contributed by atoms with Crippen LogP contribution in [0.3, 0.4) is 0 Å². The van der Waals surface area contributed by atoms with Gasteiger partial charge in [-0.25, -0.2) is 9.97 Å². The SMILES string of the molecule is CCN(Cc1ccccc1)C(=O)c1cc(Nc2ccc(C)cc2)ncn1. The Hall–Kier alpha value is -3.21. The highest BCUT2D eigenvalue weighted by Crippen LogP contribution is 2.16. The number of hydrogen-bond donors (Lipinski definition) is 1. The maximum absolute atomic E-state index is 12.8. The summed E-state index contributed by atoms with van der Waals surface area (Å²) in [5.74, 6) is 0.494. The van der Waals surface area contributed by atoms with Crippen molar-refractivity contribution in [3.05, 3.63) is 83.8 Å². The third-order valence-electron chi connectivity index (χ3n) is 4.10. The van der Waals surface area contributed by atoms with Gasteiger partial charge in [-0.05, 0) is 31.5 Å². The third kappa shape index (κ3) is 4.45. The average molecular weight is 346 g/mol. The van der Waals surface area contributed by atoms with E-state index >= 15 is 0 Å². The standard InChI is InChI=1S/C21H22N4O/c1-3-25(14-17-7-5-4-6-8-17)21(26)19-13-20(23-15-22-19)24-18-11-9-16(2)10-12-18/h4-13,15H,3,14H2,1-2H3,(H,22,23,24). The van der Waals surface area contributed by atoms with E-state index in [9.17, 15) is 4.79 Å². The number of hydrogen-bond acceptors (Lipinski definition) is 4. The van der Waals surface area contributed by atoms with Crippen LogP contribution in [0, 0.1) is 6.92 Å². The smallest absolute Gasteiger partial charge is 0.272 e. The van der Waals surface area contributed by atoms with Crippen molar-refractivity contribution in [2.75, 3.05) is 11.9 Å². The van der Waals surface area contributed by atoms with Crippen molar-refractivity contribution in [2.24, 2.45) is 0 Å². The first-order valence-corrected chi connectivity index (χ1v) is 8.64. The number of nitrogens with zero attached hydrogens (tertiary/aromatic N) is 3. The molecule has 0 aliphatic carbocycles. The molecule has 1 heterocycles. The van der Waals surface area contributed by atoms with Crippen molar-refractivity contribution < 1.29 is 4.79 Å². The molecule has 3 rings (SSSR count). The zero-order valence-electron chi connectivity index (χ0n) is 15.0. The van der Waals surface area contributed by atoms with E-state index in [1.807, 2.05) is 68.4 Å². The Bertz CT molecular complexity index is 863. The second kappa shape index (κ2) is 8.25. The van der Waals surface area contributed by atoms with Gasteiger partial charge in [-0.2, -0.15) is 0 Å². The Morgan fingerprint density at radius 3 is 2.46 bits per heavy atom. The Balaban J connectivity index is 1.75. The number of amides is 1.